The smallest absolute Gasteiger partial charge is 0.224 e. The van der Waals surface area contributed by atoms with Crippen molar-refractivity contribution >= 4 is 5.91 Å². The van der Waals surface area contributed by atoms with Gasteiger partial charge in [-0.25, -0.2) is 4.68 Å². The third kappa shape index (κ3) is 3.54. The molecule has 5 nitrogen and oxygen atoms in total. The molecular formula is C17H22N4O. The first kappa shape index (κ1) is 14.8. The summed E-state index contributed by atoms with van der Waals surface area (Å²) in [5, 5.41) is 7.74. The molecular weight excluding hydrogens is 276 g/mol. The van der Waals surface area contributed by atoms with Gasteiger partial charge < -0.3 is 10.2 Å². The number of amides is 1. The Kier molecular flexibility index (Phi) is 4.53. The molecule has 1 atom stereocenters. The maximum absolute atomic E-state index is 12.2. The quantitative estimate of drug-likeness (QED) is 0.918. The number of hydrogen-bond acceptors (Lipinski definition) is 3. The second-order valence-corrected chi connectivity index (χ2v) is 5.88. The molecule has 0 spiro atoms. The van der Waals surface area contributed by atoms with Gasteiger partial charge in [0.1, 0.15) is 0 Å². The van der Waals surface area contributed by atoms with Crippen molar-refractivity contribution in [1.82, 2.24) is 20.0 Å². The lowest BCUT2D eigenvalue weighted by atomic mass is 10.1. The van der Waals surface area contributed by atoms with E-state index in [4.69, 9.17) is 0 Å². The van der Waals surface area contributed by atoms with Crippen molar-refractivity contribution in [2.75, 3.05) is 13.6 Å². The van der Waals surface area contributed by atoms with Crippen LogP contribution in [0, 0.1) is 0 Å². The summed E-state index contributed by atoms with van der Waals surface area (Å²) in [6.45, 7) is 1.63. The van der Waals surface area contributed by atoms with Gasteiger partial charge in [-0.1, -0.05) is 18.2 Å². The molecule has 0 bridgehead atoms. The molecule has 2 heterocycles. The Morgan fingerprint density at radius 3 is 2.95 bits per heavy atom. The van der Waals surface area contributed by atoms with Crippen LogP contribution in [-0.2, 0) is 11.3 Å². The van der Waals surface area contributed by atoms with Crippen LogP contribution >= 0.6 is 0 Å². The third-order valence-corrected chi connectivity index (χ3v) is 4.09. The first-order chi connectivity index (χ1) is 10.7. The number of rotatable bonds is 5. The minimum absolute atomic E-state index is 0.187. The molecule has 1 aliphatic rings. The predicted molar refractivity (Wildman–Crippen MR) is 85.7 cm³/mol. The topological polar surface area (TPSA) is 50.2 Å². The molecule has 5 heteroatoms. The van der Waals surface area contributed by atoms with Crippen LogP contribution in [0.25, 0.3) is 5.69 Å². The average Bonchev–Trinajstić information content (AvgIpc) is 3.20. The first-order valence-electron chi connectivity index (χ1n) is 7.79. The van der Waals surface area contributed by atoms with E-state index in [1.54, 1.807) is 4.90 Å². The molecule has 0 aliphatic carbocycles. The Morgan fingerprint density at radius 1 is 1.41 bits per heavy atom. The van der Waals surface area contributed by atoms with Gasteiger partial charge in [-0.2, -0.15) is 5.10 Å². The van der Waals surface area contributed by atoms with Crippen LogP contribution in [0.1, 0.15) is 24.8 Å². The Labute approximate surface area is 130 Å². The van der Waals surface area contributed by atoms with Crippen LogP contribution in [0.15, 0.2) is 42.7 Å². The molecule has 1 aromatic carbocycles. The number of para-hydroxylation sites is 1. The maximum Gasteiger partial charge on any atom is 0.224 e. The zero-order valence-corrected chi connectivity index (χ0v) is 12.9. The first-order valence-corrected chi connectivity index (χ1v) is 7.79. The van der Waals surface area contributed by atoms with Crippen molar-refractivity contribution in [3.05, 3.63) is 48.3 Å². The van der Waals surface area contributed by atoms with Crippen LogP contribution in [0.5, 0.6) is 0 Å². The van der Waals surface area contributed by atoms with Crippen LogP contribution in [0.4, 0.5) is 0 Å². The van der Waals surface area contributed by atoms with Crippen LogP contribution < -0.4 is 5.32 Å². The Bertz CT molecular complexity index is 617. The van der Waals surface area contributed by atoms with E-state index in [-0.39, 0.29) is 5.91 Å². The molecule has 1 saturated heterocycles. The molecule has 2 aromatic rings. The van der Waals surface area contributed by atoms with E-state index in [0.717, 1.165) is 24.2 Å². The Morgan fingerprint density at radius 2 is 2.23 bits per heavy atom. The number of nitrogens with zero attached hydrogens (tertiary/aromatic N) is 3. The second kappa shape index (κ2) is 6.75. The average molecular weight is 298 g/mol. The minimum Gasteiger partial charge on any atom is -0.341 e. The van der Waals surface area contributed by atoms with Gasteiger partial charge in [0, 0.05) is 37.8 Å². The van der Waals surface area contributed by atoms with E-state index in [9.17, 15) is 4.79 Å². The van der Waals surface area contributed by atoms with E-state index < -0.39 is 0 Å². The number of carbonyl (C=O) groups excluding carboxylic acids is 1. The number of nitrogens with one attached hydrogen (secondary N) is 1. The van der Waals surface area contributed by atoms with Crippen molar-refractivity contribution in [2.24, 2.45) is 0 Å². The summed E-state index contributed by atoms with van der Waals surface area (Å²) < 4.78 is 1.84. The summed E-state index contributed by atoms with van der Waals surface area (Å²) in [7, 11) is 1.86. The third-order valence-electron chi connectivity index (χ3n) is 4.09. The van der Waals surface area contributed by atoms with Gasteiger partial charge in [0.2, 0.25) is 5.91 Å². The summed E-state index contributed by atoms with van der Waals surface area (Å²) in [6.07, 6.45) is 6.66. The number of carbonyl (C=O) groups is 1. The fourth-order valence-electron chi connectivity index (χ4n) is 2.82. The Balaban J connectivity index is 1.58. The van der Waals surface area contributed by atoms with Crippen molar-refractivity contribution in [3.63, 3.8) is 0 Å². The number of benzene rings is 1. The molecule has 1 N–H and O–H groups in total. The van der Waals surface area contributed by atoms with Crippen molar-refractivity contribution in [1.29, 1.82) is 0 Å². The maximum atomic E-state index is 12.2. The normalized spacial score (nSPS) is 17.6. The van der Waals surface area contributed by atoms with Gasteiger partial charge in [-0.3, -0.25) is 4.79 Å². The highest BCUT2D eigenvalue weighted by molar-refractivity contribution is 5.76. The molecule has 0 saturated carbocycles. The molecule has 0 radical (unpaired) electrons. The highest BCUT2D eigenvalue weighted by Gasteiger charge is 2.20. The SMILES string of the molecule is CN(Cc1cnn(-c2ccccc2)c1)C(=O)CC1CCCN1. The van der Waals surface area contributed by atoms with E-state index in [1.807, 2.05) is 54.5 Å². The Hall–Kier alpha value is -2.14. The molecule has 1 unspecified atom stereocenters. The number of hydrogen-bond donors (Lipinski definition) is 1. The largest absolute Gasteiger partial charge is 0.341 e. The van der Waals surface area contributed by atoms with Gasteiger partial charge >= 0.3 is 0 Å². The lowest BCUT2D eigenvalue weighted by molar-refractivity contribution is -0.130. The van der Waals surface area contributed by atoms with Gasteiger partial charge in [-0.05, 0) is 31.5 Å². The van der Waals surface area contributed by atoms with Crippen LogP contribution in [0.3, 0.4) is 0 Å². The molecule has 1 fully saturated rings. The van der Waals surface area contributed by atoms with Crippen LogP contribution in [0.2, 0.25) is 0 Å². The summed E-state index contributed by atoms with van der Waals surface area (Å²) in [6, 6.07) is 10.3. The van der Waals surface area contributed by atoms with Crippen molar-refractivity contribution in [2.45, 2.75) is 31.8 Å². The lowest BCUT2D eigenvalue weighted by Gasteiger charge is -2.18. The molecule has 22 heavy (non-hydrogen) atoms. The fraction of sp³-hybridized carbons (Fsp3) is 0.412. The van der Waals surface area contributed by atoms with E-state index in [0.29, 0.717) is 19.0 Å². The van der Waals surface area contributed by atoms with Gasteiger partial charge in [-0.15, -0.1) is 0 Å². The second-order valence-electron chi connectivity index (χ2n) is 5.88. The van der Waals surface area contributed by atoms with Gasteiger partial charge in [0.25, 0.3) is 0 Å². The van der Waals surface area contributed by atoms with Crippen molar-refractivity contribution < 1.29 is 4.79 Å². The summed E-state index contributed by atoms with van der Waals surface area (Å²) in [4.78, 5) is 14.0. The zero-order chi connectivity index (χ0) is 15.4. The van der Waals surface area contributed by atoms with Gasteiger partial charge in [0.15, 0.2) is 0 Å². The summed E-state index contributed by atoms with van der Waals surface area (Å²) in [5.41, 5.74) is 2.07. The molecule has 1 aromatic heterocycles. The van der Waals surface area contributed by atoms with E-state index >= 15 is 0 Å². The highest BCUT2D eigenvalue weighted by Crippen LogP contribution is 2.12. The lowest BCUT2D eigenvalue weighted by Crippen LogP contribution is -2.33. The standard InChI is InChI=1S/C17H22N4O/c1-20(17(22)10-15-6-5-9-18-15)12-14-11-19-21(13-14)16-7-3-2-4-8-16/h2-4,7-8,11,13,15,18H,5-6,9-10,12H2,1H3. The monoisotopic (exact) mass is 298 g/mol. The van der Waals surface area contributed by atoms with E-state index in [1.165, 1.54) is 6.42 Å². The van der Waals surface area contributed by atoms with Crippen molar-refractivity contribution in [3.8, 4) is 5.69 Å². The minimum atomic E-state index is 0.187. The predicted octanol–water partition coefficient (Wildman–Crippen LogP) is 1.97. The molecule has 1 aliphatic heterocycles. The van der Waals surface area contributed by atoms with Gasteiger partial charge in [0.05, 0.1) is 11.9 Å². The molecule has 1 amide bonds. The fourth-order valence-corrected chi connectivity index (χ4v) is 2.82. The molecule has 116 valence electrons. The zero-order valence-electron chi connectivity index (χ0n) is 12.9. The summed E-state index contributed by atoms with van der Waals surface area (Å²) >= 11 is 0. The van der Waals surface area contributed by atoms with E-state index in [2.05, 4.69) is 10.4 Å². The number of aromatic nitrogens is 2. The molecule has 3 rings (SSSR count). The van der Waals surface area contributed by atoms with Crippen LogP contribution in [-0.4, -0.2) is 40.2 Å². The summed E-state index contributed by atoms with van der Waals surface area (Å²) in [5.74, 6) is 0.187. The highest BCUT2D eigenvalue weighted by atomic mass is 16.2.